The summed E-state index contributed by atoms with van der Waals surface area (Å²) in [5, 5.41) is 11.2. The number of amides is 3. The third-order valence-corrected chi connectivity index (χ3v) is 6.98. The second-order valence-corrected chi connectivity index (χ2v) is 9.69. The first-order chi connectivity index (χ1) is 19.1. The van der Waals surface area contributed by atoms with Crippen LogP contribution in [-0.2, 0) is 9.47 Å². The number of morpholine rings is 1. The van der Waals surface area contributed by atoms with Crippen LogP contribution in [0, 0.1) is 0 Å². The topological polar surface area (TPSA) is 127 Å². The van der Waals surface area contributed by atoms with Gasteiger partial charge in [0, 0.05) is 44.0 Å². The van der Waals surface area contributed by atoms with Crippen molar-refractivity contribution in [1.82, 2.24) is 30.0 Å². The van der Waals surface area contributed by atoms with Gasteiger partial charge in [-0.25, -0.2) is 24.2 Å². The minimum atomic E-state index is -0.245. The van der Waals surface area contributed by atoms with Gasteiger partial charge in [-0.15, -0.1) is 0 Å². The Kier molecular flexibility index (Phi) is 8.40. The Morgan fingerprint density at radius 1 is 1.05 bits per heavy atom. The van der Waals surface area contributed by atoms with Crippen molar-refractivity contribution in [3.8, 4) is 11.4 Å². The van der Waals surface area contributed by atoms with Crippen LogP contribution in [0.5, 0.6) is 0 Å². The maximum absolute atomic E-state index is 12.3. The molecule has 39 heavy (non-hydrogen) atoms. The van der Waals surface area contributed by atoms with E-state index < -0.39 is 0 Å². The minimum Gasteiger partial charge on any atom is -0.449 e. The number of piperidine rings is 1. The zero-order chi connectivity index (χ0) is 27.2. The molecule has 0 atom stereocenters. The van der Waals surface area contributed by atoms with Gasteiger partial charge in [0.05, 0.1) is 37.4 Å². The summed E-state index contributed by atoms with van der Waals surface area (Å²) in [7, 11) is 0. The predicted octanol–water partition coefficient (Wildman–Crippen LogP) is 3.65. The molecule has 0 unspecified atom stereocenters. The summed E-state index contributed by atoms with van der Waals surface area (Å²) < 4.78 is 12.9. The van der Waals surface area contributed by atoms with Gasteiger partial charge < -0.3 is 29.9 Å². The number of nitrogens with zero attached hydrogens (tertiary/aromatic N) is 6. The van der Waals surface area contributed by atoms with Gasteiger partial charge >= 0.3 is 12.1 Å². The van der Waals surface area contributed by atoms with Crippen LogP contribution in [0.25, 0.3) is 22.4 Å². The second-order valence-electron chi connectivity index (χ2n) is 9.69. The highest BCUT2D eigenvalue weighted by molar-refractivity contribution is 5.90. The van der Waals surface area contributed by atoms with Gasteiger partial charge in [0.1, 0.15) is 5.82 Å². The predicted molar refractivity (Wildman–Crippen MR) is 148 cm³/mol. The Morgan fingerprint density at radius 3 is 2.49 bits per heavy atom. The van der Waals surface area contributed by atoms with E-state index in [-0.39, 0.29) is 18.2 Å². The molecule has 5 rings (SSSR count). The standard InChI is InChI=1S/C27H36N8O4/c1-3-15-39-27(37)34-11-9-21(10-12-34)35-25-22(18-29-35)24(33-13-16-38-17-14-33)31-23(32-25)19-5-7-20(8-6-19)30-26(36)28-4-2/h5-8,18,21H,3-4,9-17H2,1-2H3,(H2,28,30,36). The number of benzene rings is 1. The van der Waals surface area contributed by atoms with Crippen LogP contribution in [0.3, 0.4) is 0 Å². The summed E-state index contributed by atoms with van der Waals surface area (Å²) in [6, 6.07) is 7.38. The van der Waals surface area contributed by atoms with Crippen LogP contribution in [-0.4, -0.2) is 89.3 Å². The molecule has 0 saturated carbocycles. The van der Waals surface area contributed by atoms with Crippen LogP contribution in [0.15, 0.2) is 30.5 Å². The zero-order valence-corrected chi connectivity index (χ0v) is 22.6. The number of carbonyl (C=O) groups excluding carboxylic acids is 2. The first-order valence-corrected chi connectivity index (χ1v) is 13.7. The molecule has 4 heterocycles. The number of likely N-dealkylation sites (tertiary alicyclic amines) is 1. The molecular formula is C27H36N8O4. The first kappa shape index (κ1) is 26.7. The minimum absolute atomic E-state index is 0.113. The molecule has 12 heteroatoms. The quantitative estimate of drug-likeness (QED) is 0.469. The highest BCUT2D eigenvalue weighted by atomic mass is 16.6. The Labute approximate surface area is 227 Å². The molecule has 0 bridgehead atoms. The highest BCUT2D eigenvalue weighted by Crippen LogP contribution is 2.32. The largest absolute Gasteiger partial charge is 0.449 e. The highest BCUT2D eigenvalue weighted by Gasteiger charge is 2.28. The molecule has 0 radical (unpaired) electrons. The number of urea groups is 1. The third kappa shape index (κ3) is 6.06. The maximum Gasteiger partial charge on any atom is 0.409 e. The van der Waals surface area contributed by atoms with Crippen molar-refractivity contribution in [3.05, 3.63) is 30.5 Å². The lowest BCUT2D eigenvalue weighted by molar-refractivity contribution is 0.0879. The van der Waals surface area contributed by atoms with Crippen LogP contribution in [0.4, 0.5) is 21.1 Å². The molecule has 208 valence electrons. The summed E-state index contributed by atoms with van der Waals surface area (Å²) >= 11 is 0. The monoisotopic (exact) mass is 536 g/mol. The van der Waals surface area contributed by atoms with Gasteiger partial charge in [0.25, 0.3) is 0 Å². The van der Waals surface area contributed by atoms with Gasteiger partial charge in [-0.1, -0.05) is 6.92 Å². The Balaban J connectivity index is 1.43. The van der Waals surface area contributed by atoms with Gasteiger partial charge in [-0.3, -0.25) is 0 Å². The summed E-state index contributed by atoms with van der Waals surface area (Å²) in [4.78, 5) is 38.2. The van der Waals surface area contributed by atoms with E-state index in [1.165, 1.54) is 0 Å². The average molecular weight is 537 g/mol. The summed E-state index contributed by atoms with van der Waals surface area (Å²) in [5.74, 6) is 1.44. The second kappa shape index (κ2) is 12.3. The molecule has 0 aliphatic carbocycles. The fourth-order valence-corrected chi connectivity index (χ4v) is 4.94. The van der Waals surface area contributed by atoms with Crippen LogP contribution in [0.2, 0.25) is 0 Å². The SMILES string of the molecule is CCCOC(=O)N1CCC(n2ncc3c(N4CCOCC4)nc(-c4ccc(NC(=O)NCC)cc4)nc32)CC1. The molecule has 2 aromatic heterocycles. The summed E-state index contributed by atoms with van der Waals surface area (Å²) in [5.41, 5.74) is 2.31. The lowest BCUT2D eigenvalue weighted by atomic mass is 10.1. The van der Waals surface area contributed by atoms with Crippen molar-refractivity contribution in [1.29, 1.82) is 0 Å². The Hall–Kier alpha value is -3.93. The number of fused-ring (bicyclic) bond motifs is 1. The molecule has 1 aromatic carbocycles. The molecule has 2 N–H and O–H groups in total. The molecular weight excluding hydrogens is 500 g/mol. The van der Waals surface area contributed by atoms with Crippen molar-refractivity contribution >= 4 is 34.7 Å². The third-order valence-electron chi connectivity index (χ3n) is 6.98. The van der Waals surface area contributed by atoms with E-state index in [0.717, 1.165) is 54.8 Å². The van der Waals surface area contributed by atoms with Gasteiger partial charge in [0.15, 0.2) is 11.5 Å². The van der Waals surface area contributed by atoms with E-state index in [4.69, 9.17) is 24.5 Å². The summed E-state index contributed by atoms with van der Waals surface area (Å²) in [6.45, 7) is 8.84. The van der Waals surface area contributed by atoms with Gasteiger partial charge in [-0.05, 0) is 50.5 Å². The number of carbonyl (C=O) groups is 2. The van der Waals surface area contributed by atoms with E-state index in [1.54, 1.807) is 4.90 Å². The normalized spacial score (nSPS) is 16.4. The lowest BCUT2D eigenvalue weighted by Gasteiger charge is -2.31. The number of hydrogen-bond acceptors (Lipinski definition) is 8. The van der Waals surface area contributed by atoms with Crippen molar-refractivity contribution in [2.45, 2.75) is 39.2 Å². The van der Waals surface area contributed by atoms with E-state index in [9.17, 15) is 9.59 Å². The molecule has 2 aliphatic rings. The smallest absolute Gasteiger partial charge is 0.409 e. The number of rotatable bonds is 7. The van der Waals surface area contributed by atoms with Crippen molar-refractivity contribution < 1.29 is 19.1 Å². The first-order valence-electron chi connectivity index (χ1n) is 13.7. The van der Waals surface area contributed by atoms with E-state index >= 15 is 0 Å². The van der Waals surface area contributed by atoms with Crippen LogP contribution >= 0.6 is 0 Å². The van der Waals surface area contributed by atoms with E-state index in [0.29, 0.717) is 51.0 Å². The maximum atomic E-state index is 12.3. The fourth-order valence-electron chi connectivity index (χ4n) is 4.94. The van der Waals surface area contributed by atoms with E-state index in [1.807, 2.05) is 49.0 Å². The average Bonchev–Trinajstić information content (AvgIpc) is 3.40. The lowest BCUT2D eigenvalue weighted by Crippen LogP contribution is -2.39. The number of hydrogen-bond donors (Lipinski definition) is 2. The fraction of sp³-hybridized carbons (Fsp3) is 0.519. The Bertz CT molecular complexity index is 1280. The molecule has 2 aliphatic heterocycles. The zero-order valence-electron chi connectivity index (χ0n) is 22.6. The Morgan fingerprint density at radius 2 is 1.79 bits per heavy atom. The number of ether oxygens (including phenoxy) is 2. The molecule has 3 amide bonds. The van der Waals surface area contributed by atoms with Crippen molar-refractivity contribution in [2.24, 2.45) is 0 Å². The number of anilines is 2. The van der Waals surface area contributed by atoms with Crippen LogP contribution in [0.1, 0.15) is 39.2 Å². The molecule has 2 fully saturated rings. The van der Waals surface area contributed by atoms with Crippen LogP contribution < -0.4 is 15.5 Å². The molecule has 12 nitrogen and oxygen atoms in total. The molecule has 3 aromatic rings. The number of nitrogens with one attached hydrogen (secondary N) is 2. The molecule has 2 saturated heterocycles. The van der Waals surface area contributed by atoms with Gasteiger partial charge in [-0.2, -0.15) is 5.10 Å². The van der Waals surface area contributed by atoms with Crippen molar-refractivity contribution in [2.75, 3.05) is 62.8 Å². The van der Waals surface area contributed by atoms with Crippen molar-refractivity contribution in [3.63, 3.8) is 0 Å². The van der Waals surface area contributed by atoms with E-state index in [2.05, 4.69) is 15.5 Å². The molecule has 0 spiro atoms. The number of aromatic nitrogens is 4. The summed E-state index contributed by atoms with van der Waals surface area (Å²) in [6.07, 6.45) is 3.95. The van der Waals surface area contributed by atoms with Gasteiger partial charge in [0.2, 0.25) is 0 Å².